The number of nitrogens with zero attached hydrogens (tertiary/aromatic N) is 5. The molecular formula is C27H37N5O2. The first-order chi connectivity index (χ1) is 16.2. The van der Waals surface area contributed by atoms with Crippen LogP contribution in [0.15, 0.2) is 65.8 Å². The summed E-state index contributed by atoms with van der Waals surface area (Å²) < 4.78 is 5.70. The monoisotopic (exact) mass is 463 g/mol. The molecule has 0 bridgehead atoms. The van der Waals surface area contributed by atoms with Crippen LogP contribution in [0.5, 0.6) is 0 Å². The Morgan fingerprint density at radius 2 is 1.68 bits per heavy atom. The van der Waals surface area contributed by atoms with Crippen molar-refractivity contribution in [1.82, 2.24) is 9.80 Å². The van der Waals surface area contributed by atoms with Gasteiger partial charge in [0.1, 0.15) is 5.60 Å². The summed E-state index contributed by atoms with van der Waals surface area (Å²) in [6, 6.07) is 21.0. The summed E-state index contributed by atoms with van der Waals surface area (Å²) in [7, 11) is 0. The molecule has 1 heterocycles. The van der Waals surface area contributed by atoms with E-state index in [0.29, 0.717) is 12.5 Å². The maximum absolute atomic E-state index is 13.1. The second-order valence-corrected chi connectivity index (χ2v) is 10.4. The molecule has 0 aliphatic carbocycles. The van der Waals surface area contributed by atoms with E-state index in [9.17, 15) is 4.79 Å². The molecule has 7 heteroatoms. The molecule has 1 amide bonds. The minimum absolute atomic E-state index is 0.0495. The number of rotatable bonds is 8. The smallest absolute Gasteiger partial charge is 0.410 e. The zero-order valence-electron chi connectivity index (χ0n) is 21.0. The van der Waals surface area contributed by atoms with Crippen molar-refractivity contribution in [2.45, 2.75) is 64.8 Å². The van der Waals surface area contributed by atoms with Crippen molar-refractivity contribution >= 4 is 6.09 Å². The first-order valence-corrected chi connectivity index (χ1v) is 12.1. The normalized spacial score (nSPS) is 18.4. The largest absolute Gasteiger partial charge is 0.444 e. The maximum Gasteiger partial charge on any atom is 0.410 e. The highest BCUT2D eigenvalue weighted by Gasteiger charge is 2.42. The van der Waals surface area contributed by atoms with Gasteiger partial charge < -0.3 is 9.64 Å². The van der Waals surface area contributed by atoms with E-state index in [1.54, 1.807) is 4.90 Å². The predicted molar refractivity (Wildman–Crippen MR) is 135 cm³/mol. The van der Waals surface area contributed by atoms with Crippen LogP contribution >= 0.6 is 0 Å². The molecule has 0 saturated carbocycles. The molecule has 0 aromatic heterocycles. The Hall–Kier alpha value is -3.02. The second-order valence-electron chi connectivity index (χ2n) is 10.4. The van der Waals surface area contributed by atoms with E-state index >= 15 is 0 Å². The number of hydrogen-bond acceptors (Lipinski definition) is 4. The van der Waals surface area contributed by atoms with Crippen molar-refractivity contribution in [2.24, 2.45) is 11.0 Å². The number of azide groups is 1. The van der Waals surface area contributed by atoms with E-state index in [-0.39, 0.29) is 30.8 Å². The molecule has 0 radical (unpaired) electrons. The number of benzene rings is 2. The van der Waals surface area contributed by atoms with Gasteiger partial charge in [-0.3, -0.25) is 4.90 Å². The Labute approximate surface area is 203 Å². The Morgan fingerprint density at radius 1 is 1.12 bits per heavy atom. The van der Waals surface area contributed by atoms with Crippen LogP contribution in [-0.4, -0.2) is 53.2 Å². The highest BCUT2D eigenvalue weighted by Crippen LogP contribution is 2.35. The third kappa shape index (κ3) is 6.75. The highest BCUT2D eigenvalue weighted by molar-refractivity contribution is 5.69. The fraction of sp³-hybridized carbons (Fsp3) is 0.519. The lowest BCUT2D eigenvalue weighted by Gasteiger charge is -2.38. The van der Waals surface area contributed by atoms with E-state index < -0.39 is 5.60 Å². The van der Waals surface area contributed by atoms with Crippen LogP contribution in [0.2, 0.25) is 0 Å². The highest BCUT2D eigenvalue weighted by atomic mass is 16.6. The Kier molecular flexibility index (Phi) is 8.59. The Morgan fingerprint density at radius 3 is 2.15 bits per heavy atom. The Bertz CT molecular complexity index is 928. The number of carbonyl (C=O) groups is 1. The van der Waals surface area contributed by atoms with Crippen LogP contribution in [0, 0.1) is 5.92 Å². The topological polar surface area (TPSA) is 81.5 Å². The minimum Gasteiger partial charge on any atom is -0.444 e. The number of amides is 1. The quantitative estimate of drug-likeness (QED) is 0.257. The summed E-state index contributed by atoms with van der Waals surface area (Å²) in [5.41, 5.74) is 10.8. The fourth-order valence-electron chi connectivity index (χ4n) is 4.71. The lowest BCUT2D eigenvalue weighted by molar-refractivity contribution is 0.0216. The van der Waals surface area contributed by atoms with Crippen LogP contribution < -0.4 is 0 Å². The fourth-order valence-corrected chi connectivity index (χ4v) is 4.71. The summed E-state index contributed by atoms with van der Waals surface area (Å²) in [5.74, 6) is 0.432. The van der Waals surface area contributed by atoms with Gasteiger partial charge in [0, 0.05) is 36.6 Å². The van der Waals surface area contributed by atoms with Gasteiger partial charge in [0.2, 0.25) is 0 Å². The van der Waals surface area contributed by atoms with Crippen LogP contribution in [-0.2, 0) is 4.74 Å². The zero-order chi connectivity index (χ0) is 24.7. The second kappa shape index (κ2) is 11.4. The van der Waals surface area contributed by atoms with Crippen LogP contribution in [0.3, 0.4) is 0 Å². The zero-order valence-corrected chi connectivity index (χ0v) is 21.0. The lowest BCUT2D eigenvalue weighted by Crippen LogP contribution is -2.44. The summed E-state index contributed by atoms with van der Waals surface area (Å²) in [4.78, 5) is 20.3. The third-order valence-corrected chi connectivity index (χ3v) is 5.98. The van der Waals surface area contributed by atoms with Gasteiger partial charge in [-0.05, 0) is 49.8 Å². The van der Waals surface area contributed by atoms with E-state index in [1.807, 2.05) is 32.9 Å². The minimum atomic E-state index is -0.591. The molecule has 2 aromatic carbocycles. The summed E-state index contributed by atoms with van der Waals surface area (Å²) >= 11 is 0. The molecule has 2 aromatic rings. The Balaban J connectivity index is 1.99. The van der Waals surface area contributed by atoms with Crippen molar-refractivity contribution in [3.63, 3.8) is 0 Å². The summed E-state index contributed by atoms with van der Waals surface area (Å²) in [6.45, 7) is 11.7. The van der Waals surface area contributed by atoms with Gasteiger partial charge in [-0.15, -0.1) is 0 Å². The molecule has 3 rings (SSSR count). The first kappa shape index (κ1) is 25.6. The van der Waals surface area contributed by atoms with Gasteiger partial charge in [-0.1, -0.05) is 79.6 Å². The van der Waals surface area contributed by atoms with Crippen molar-refractivity contribution in [2.75, 3.05) is 19.6 Å². The average Bonchev–Trinajstić information content (AvgIpc) is 3.22. The van der Waals surface area contributed by atoms with Crippen molar-refractivity contribution in [3.8, 4) is 0 Å². The van der Waals surface area contributed by atoms with Gasteiger partial charge >= 0.3 is 6.09 Å². The predicted octanol–water partition coefficient (Wildman–Crippen LogP) is 6.42. The average molecular weight is 464 g/mol. The standard InChI is InChI=1S/C27H37N5O2/c1-20(2)18-31(25(21-12-8-6-9-13-21)22-14-10-7-11-15-22)24-16-23(17-29-30-28)32(19-24)26(33)34-27(3,4)5/h6-15,20,23-25H,16-19H2,1-5H3/t23-,24-/m1/s1. The van der Waals surface area contributed by atoms with Gasteiger partial charge in [0.25, 0.3) is 0 Å². The molecule has 1 aliphatic heterocycles. The molecule has 182 valence electrons. The number of ether oxygens (including phenoxy) is 1. The van der Waals surface area contributed by atoms with Crippen LogP contribution in [0.25, 0.3) is 10.4 Å². The van der Waals surface area contributed by atoms with E-state index in [0.717, 1.165) is 13.0 Å². The first-order valence-electron chi connectivity index (χ1n) is 12.1. The lowest BCUT2D eigenvalue weighted by atomic mass is 9.94. The van der Waals surface area contributed by atoms with Crippen molar-refractivity contribution in [1.29, 1.82) is 0 Å². The molecule has 0 N–H and O–H groups in total. The maximum atomic E-state index is 13.1. The van der Waals surface area contributed by atoms with E-state index in [4.69, 9.17) is 10.3 Å². The van der Waals surface area contributed by atoms with Crippen LogP contribution in [0.1, 0.15) is 58.2 Å². The molecular weight excluding hydrogens is 426 g/mol. The molecule has 1 saturated heterocycles. The van der Waals surface area contributed by atoms with E-state index in [1.165, 1.54) is 11.1 Å². The third-order valence-electron chi connectivity index (χ3n) is 5.98. The molecule has 0 unspecified atom stereocenters. The SMILES string of the molecule is CC(C)CN(C(c1ccccc1)c1ccccc1)[C@@H]1C[C@H](CN=[N+]=[N-])N(C(=O)OC(C)(C)C)C1. The number of carbonyl (C=O) groups excluding carboxylic acids is 1. The van der Waals surface area contributed by atoms with Crippen LogP contribution in [0.4, 0.5) is 4.79 Å². The van der Waals surface area contributed by atoms with Gasteiger partial charge in [-0.25, -0.2) is 4.79 Å². The van der Waals surface area contributed by atoms with E-state index in [2.05, 4.69) is 77.3 Å². The summed E-state index contributed by atoms with van der Waals surface area (Å²) in [5, 5.41) is 3.81. The van der Waals surface area contributed by atoms with Gasteiger partial charge in [0.05, 0.1) is 6.04 Å². The molecule has 34 heavy (non-hydrogen) atoms. The van der Waals surface area contributed by atoms with Crippen molar-refractivity contribution < 1.29 is 9.53 Å². The summed E-state index contributed by atoms with van der Waals surface area (Å²) in [6.07, 6.45) is 0.370. The van der Waals surface area contributed by atoms with Gasteiger partial charge in [-0.2, -0.15) is 0 Å². The van der Waals surface area contributed by atoms with Gasteiger partial charge in [0.15, 0.2) is 0 Å². The molecule has 7 nitrogen and oxygen atoms in total. The number of hydrogen-bond donors (Lipinski definition) is 0. The van der Waals surface area contributed by atoms with Crippen molar-refractivity contribution in [3.05, 3.63) is 82.2 Å². The molecule has 2 atom stereocenters. The molecule has 1 aliphatic rings. The molecule has 1 fully saturated rings. The molecule has 0 spiro atoms. The number of likely N-dealkylation sites (tertiary alicyclic amines) is 1.